The molecule has 1 amide bonds. The molecule has 0 radical (unpaired) electrons. The number of ether oxygens (including phenoxy) is 3. The van der Waals surface area contributed by atoms with Crippen molar-refractivity contribution in [3.63, 3.8) is 0 Å². The Morgan fingerprint density at radius 1 is 1.04 bits per heavy atom. The van der Waals surface area contributed by atoms with Gasteiger partial charge in [-0.25, -0.2) is 14.8 Å². The minimum atomic E-state index is -2.91. The lowest BCUT2D eigenvalue weighted by Gasteiger charge is -2.36. The predicted octanol–water partition coefficient (Wildman–Crippen LogP) is 6.75. The van der Waals surface area contributed by atoms with Crippen LogP contribution in [0.15, 0.2) is 79.3 Å². The summed E-state index contributed by atoms with van der Waals surface area (Å²) in [7, 11) is 0. The summed E-state index contributed by atoms with van der Waals surface area (Å²) in [6.45, 7) is 2.19. The summed E-state index contributed by atoms with van der Waals surface area (Å²) in [6, 6.07) is 20.5. The highest BCUT2D eigenvalue weighted by Crippen LogP contribution is 2.41. The van der Waals surface area contributed by atoms with E-state index in [1.54, 1.807) is 18.3 Å². The molecule has 1 unspecified atom stereocenters. The van der Waals surface area contributed by atoms with Crippen LogP contribution in [-0.2, 0) is 24.3 Å². The Morgan fingerprint density at radius 2 is 1.83 bits per heavy atom. The molecule has 236 valence electrons. The molecule has 5 aromatic rings. The zero-order valence-electron chi connectivity index (χ0n) is 25.3. The topological polar surface area (TPSA) is 118 Å². The normalized spacial score (nSPS) is 14.2. The number of carbonyl (C=O) groups is 1. The molecular formula is C34H32F2N6O4. The molecule has 3 aromatic carbocycles. The van der Waals surface area contributed by atoms with Gasteiger partial charge >= 0.3 is 18.7 Å². The van der Waals surface area contributed by atoms with E-state index in [0.29, 0.717) is 25.4 Å². The van der Waals surface area contributed by atoms with Crippen molar-refractivity contribution in [3.8, 4) is 11.8 Å². The van der Waals surface area contributed by atoms with Crippen molar-refractivity contribution in [3.05, 3.63) is 102 Å². The second-order valence-electron chi connectivity index (χ2n) is 10.7. The number of fused-ring (bicyclic) bond motifs is 2. The fourth-order valence-electron chi connectivity index (χ4n) is 5.68. The lowest BCUT2D eigenvalue weighted by Crippen LogP contribution is -2.33. The molecule has 0 saturated heterocycles. The molecule has 2 N–H and O–H groups in total. The van der Waals surface area contributed by atoms with Crippen LogP contribution >= 0.6 is 0 Å². The van der Waals surface area contributed by atoms with Crippen LogP contribution in [-0.4, -0.2) is 44.9 Å². The number of aromatic nitrogens is 4. The number of amides is 1. The first kappa shape index (κ1) is 30.5. The van der Waals surface area contributed by atoms with Crippen molar-refractivity contribution in [2.75, 3.05) is 11.5 Å². The van der Waals surface area contributed by atoms with Crippen LogP contribution in [0.5, 0.6) is 11.8 Å². The Kier molecular flexibility index (Phi) is 8.77. The monoisotopic (exact) mass is 626 g/mol. The Labute approximate surface area is 264 Å². The second kappa shape index (κ2) is 13.2. The molecule has 1 aliphatic heterocycles. The maximum atomic E-state index is 12.8. The minimum Gasteiger partial charge on any atom is -0.464 e. The number of halogens is 2. The highest BCUT2D eigenvalue weighted by Gasteiger charge is 2.30. The van der Waals surface area contributed by atoms with E-state index >= 15 is 0 Å². The van der Waals surface area contributed by atoms with E-state index in [9.17, 15) is 13.6 Å². The van der Waals surface area contributed by atoms with Gasteiger partial charge in [0.25, 0.3) is 0 Å². The number of hydrogen-bond acceptors (Lipinski definition) is 8. The maximum absolute atomic E-state index is 12.8. The van der Waals surface area contributed by atoms with Crippen LogP contribution in [0.25, 0.3) is 22.7 Å². The molecule has 1 aliphatic rings. The Balaban J connectivity index is 1.33. The van der Waals surface area contributed by atoms with Gasteiger partial charge in [-0.1, -0.05) is 30.3 Å². The number of rotatable bonds is 11. The van der Waals surface area contributed by atoms with Crippen molar-refractivity contribution in [1.82, 2.24) is 19.5 Å². The van der Waals surface area contributed by atoms with Gasteiger partial charge in [-0.3, -0.25) is 0 Å². The summed E-state index contributed by atoms with van der Waals surface area (Å²) in [5, 5.41) is 0. The fourth-order valence-corrected chi connectivity index (χ4v) is 5.68. The van der Waals surface area contributed by atoms with Gasteiger partial charge in [0.05, 0.1) is 30.0 Å². The number of aryl methyl sites for hydroxylation is 2. The third-order valence-corrected chi connectivity index (χ3v) is 7.83. The molecule has 1 atom stereocenters. The number of hydrogen-bond donors (Lipinski definition) is 1. The first-order valence-electron chi connectivity index (χ1n) is 14.8. The van der Waals surface area contributed by atoms with Crippen LogP contribution in [0.1, 0.15) is 36.1 Å². The van der Waals surface area contributed by atoms with Crippen molar-refractivity contribution in [2.45, 2.75) is 46.1 Å². The standard InChI is InChI=1S/C34H32F2N6O4/c1-3-44-34-38-18-25-16-28(21(2)42(31(25)40-34)26-9-11-27(12-10-26)46-32(35)36)23-8-13-29-30(17-23)41(20-39-29)15-14-22-6-4-5-7-24(22)19-45-33(37)43/h4-13,16-18,20-21,32H,3,14-15,19H2,1-2H3,(H2,37,43). The van der Waals surface area contributed by atoms with Crippen LogP contribution < -0.4 is 20.1 Å². The third-order valence-electron chi connectivity index (χ3n) is 7.83. The summed E-state index contributed by atoms with van der Waals surface area (Å²) in [5.74, 6) is 0.709. The van der Waals surface area contributed by atoms with Gasteiger partial charge < -0.3 is 29.4 Å². The van der Waals surface area contributed by atoms with E-state index in [4.69, 9.17) is 20.2 Å². The van der Waals surface area contributed by atoms with Crippen molar-refractivity contribution < 1.29 is 27.8 Å². The van der Waals surface area contributed by atoms with Crippen molar-refractivity contribution in [1.29, 1.82) is 0 Å². The highest BCUT2D eigenvalue weighted by atomic mass is 19.3. The lowest BCUT2D eigenvalue weighted by molar-refractivity contribution is -0.0498. The number of primary amides is 1. The zero-order chi connectivity index (χ0) is 32.2. The Hall–Kier alpha value is -5.52. The average Bonchev–Trinajstić information content (AvgIpc) is 3.45. The van der Waals surface area contributed by atoms with E-state index in [1.165, 1.54) is 12.1 Å². The van der Waals surface area contributed by atoms with Gasteiger partial charge in [-0.05, 0) is 85.0 Å². The smallest absolute Gasteiger partial charge is 0.404 e. The molecule has 0 aliphatic carbocycles. The van der Waals surface area contributed by atoms with Crippen molar-refractivity contribution >= 4 is 40.3 Å². The van der Waals surface area contributed by atoms with E-state index < -0.39 is 12.7 Å². The van der Waals surface area contributed by atoms with E-state index in [2.05, 4.69) is 38.3 Å². The van der Waals surface area contributed by atoms with E-state index in [1.807, 2.05) is 54.5 Å². The number of imidazole rings is 1. The Bertz CT molecular complexity index is 1890. The third kappa shape index (κ3) is 6.46. The molecule has 0 saturated carbocycles. The van der Waals surface area contributed by atoms with E-state index in [0.717, 1.165) is 44.5 Å². The number of anilines is 2. The van der Waals surface area contributed by atoms with Gasteiger partial charge in [0.2, 0.25) is 0 Å². The number of benzene rings is 3. The highest BCUT2D eigenvalue weighted by molar-refractivity contribution is 5.96. The molecule has 10 nitrogen and oxygen atoms in total. The maximum Gasteiger partial charge on any atom is 0.404 e. The largest absolute Gasteiger partial charge is 0.464 e. The van der Waals surface area contributed by atoms with Crippen LogP contribution in [0.2, 0.25) is 0 Å². The molecule has 2 aromatic heterocycles. The molecule has 0 fully saturated rings. The molecule has 0 spiro atoms. The van der Waals surface area contributed by atoms with E-state index in [-0.39, 0.29) is 24.4 Å². The van der Waals surface area contributed by atoms with Gasteiger partial charge in [0.15, 0.2) is 0 Å². The molecular weight excluding hydrogens is 594 g/mol. The van der Waals surface area contributed by atoms with Gasteiger partial charge in [0, 0.05) is 24.0 Å². The predicted molar refractivity (Wildman–Crippen MR) is 170 cm³/mol. The van der Waals surface area contributed by atoms with Gasteiger partial charge in [-0.2, -0.15) is 13.8 Å². The molecule has 12 heteroatoms. The summed E-state index contributed by atoms with van der Waals surface area (Å²) in [5.41, 5.74) is 12.5. The number of nitrogens with zero attached hydrogens (tertiary/aromatic N) is 5. The van der Waals surface area contributed by atoms with Crippen LogP contribution in [0.4, 0.5) is 25.1 Å². The number of carbonyl (C=O) groups excluding carboxylic acids is 1. The summed E-state index contributed by atoms with van der Waals surface area (Å²) >= 11 is 0. The average molecular weight is 627 g/mol. The molecule has 6 rings (SSSR count). The lowest BCUT2D eigenvalue weighted by atomic mass is 9.92. The quantitative estimate of drug-likeness (QED) is 0.171. The summed E-state index contributed by atoms with van der Waals surface area (Å²) in [6.07, 6.45) is 5.50. The zero-order valence-corrected chi connectivity index (χ0v) is 25.3. The van der Waals surface area contributed by atoms with Crippen molar-refractivity contribution in [2.24, 2.45) is 5.73 Å². The SMILES string of the molecule is CCOc1ncc2c(n1)N(c1ccc(OC(F)F)cc1)C(C)C(c1ccc3ncn(CCc4ccccc4COC(N)=O)c3c1)=C2. The second-order valence-corrected chi connectivity index (χ2v) is 10.7. The van der Waals surface area contributed by atoms with Gasteiger partial charge in [0.1, 0.15) is 18.2 Å². The molecule has 46 heavy (non-hydrogen) atoms. The number of nitrogens with two attached hydrogens (primary N) is 1. The summed E-state index contributed by atoms with van der Waals surface area (Å²) < 4.78 is 42.9. The minimum absolute atomic E-state index is 0.0684. The van der Waals surface area contributed by atoms with Crippen LogP contribution in [0.3, 0.4) is 0 Å². The molecule has 0 bridgehead atoms. The first-order valence-corrected chi connectivity index (χ1v) is 14.8. The first-order chi connectivity index (χ1) is 22.3. The fraction of sp³-hybridized carbons (Fsp3) is 0.235. The summed E-state index contributed by atoms with van der Waals surface area (Å²) in [4.78, 5) is 26.9. The Morgan fingerprint density at radius 3 is 2.57 bits per heavy atom. The number of alkyl halides is 2. The van der Waals surface area contributed by atoms with Gasteiger partial charge in [-0.15, -0.1) is 0 Å². The van der Waals surface area contributed by atoms with Crippen LogP contribution in [0, 0.1) is 0 Å². The molecule has 3 heterocycles.